The summed E-state index contributed by atoms with van der Waals surface area (Å²) in [5.74, 6) is 0.987. The van der Waals surface area contributed by atoms with Crippen LogP contribution in [0.3, 0.4) is 0 Å². The fourth-order valence-corrected chi connectivity index (χ4v) is 1.74. The van der Waals surface area contributed by atoms with E-state index in [1.54, 1.807) is 6.08 Å². The predicted molar refractivity (Wildman–Crippen MR) is 51.0 cm³/mol. The van der Waals surface area contributed by atoms with Crippen molar-refractivity contribution < 1.29 is 4.79 Å². The molecule has 12 heavy (non-hydrogen) atoms. The molecule has 0 spiro atoms. The number of ketones is 1. The van der Waals surface area contributed by atoms with Crippen molar-refractivity contribution in [3.05, 3.63) is 12.2 Å². The van der Waals surface area contributed by atoms with Crippen LogP contribution >= 0.6 is 0 Å². The van der Waals surface area contributed by atoms with Crippen molar-refractivity contribution in [2.45, 2.75) is 45.4 Å². The topological polar surface area (TPSA) is 17.1 Å². The van der Waals surface area contributed by atoms with Gasteiger partial charge in [-0.25, -0.2) is 0 Å². The molecule has 1 aliphatic rings. The first-order chi connectivity index (χ1) is 5.83. The first kappa shape index (κ1) is 9.50. The molecule has 68 valence electrons. The van der Waals surface area contributed by atoms with E-state index in [1.165, 1.54) is 25.7 Å². The van der Waals surface area contributed by atoms with Gasteiger partial charge in [0, 0.05) is 6.42 Å². The van der Waals surface area contributed by atoms with Crippen molar-refractivity contribution in [2.24, 2.45) is 5.92 Å². The van der Waals surface area contributed by atoms with Gasteiger partial charge in [0.25, 0.3) is 0 Å². The summed E-state index contributed by atoms with van der Waals surface area (Å²) in [5.41, 5.74) is 0. The third-order valence-electron chi connectivity index (χ3n) is 2.50. The van der Waals surface area contributed by atoms with Gasteiger partial charge in [-0.1, -0.05) is 32.3 Å². The molecular weight excluding hydrogens is 148 g/mol. The largest absolute Gasteiger partial charge is 0.295 e. The van der Waals surface area contributed by atoms with E-state index in [0.29, 0.717) is 11.7 Å². The molecule has 0 heterocycles. The van der Waals surface area contributed by atoms with Gasteiger partial charge in [-0.3, -0.25) is 4.79 Å². The van der Waals surface area contributed by atoms with Gasteiger partial charge in [0.1, 0.15) is 0 Å². The minimum Gasteiger partial charge on any atom is -0.295 e. The number of allylic oxidation sites excluding steroid dienone is 2. The Hall–Kier alpha value is -0.590. The highest BCUT2D eigenvalue weighted by atomic mass is 16.1. The van der Waals surface area contributed by atoms with E-state index < -0.39 is 0 Å². The molecule has 0 aromatic rings. The third kappa shape index (κ3) is 3.21. The fourth-order valence-electron chi connectivity index (χ4n) is 1.74. The lowest BCUT2D eigenvalue weighted by Crippen LogP contribution is -2.04. The molecule has 0 aromatic heterocycles. The number of hydrogen-bond donors (Lipinski definition) is 0. The molecule has 0 fully saturated rings. The van der Waals surface area contributed by atoms with E-state index in [1.807, 2.05) is 6.08 Å². The summed E-state index contributed by atoms with van der Waals surface area (Å²) in [7, 11) is 0. The Kier molecular flexibility index (Phi) is 4.06. The zero-order valence-electron chi connectivity index (χ0n) is 7.88. The molecule has 0 radical (unpaired) electrons. The van der Waals surface area contributed by atoms with Gasteiger partial charge < -0.3 is 0 Å². The van der Waals surface area contributed by atoms with Gasteiger partial charge in [-0.2, -0.15) is 0 Å². The first-order valence-corrected chi connectivity index (χ1v) is 5.02. The van der Waals surface area contributed by atoms with Crippen LogP contribution in [0.25, 0.3) is 0 Å². The van der Waals surface area contributed by atoms with Gasteiger partial charge >= 0.3 is 0 Å². The molecule has 1 atom stereocenters. The van der Waals surface area contributed by atoms with Crippen molar-refractivity contribution in [1.82, 2.24) is 0 Å². The predicted octanol–water partition coefficient (Wildman–Crippen LogP) is 3.10. The van der Waals surface area contributed by atoms with Crippen molar-refractivity contribution in [3.8, 4) is 0 Å². The number of rotatable bonds is 3. The highest BCUT2D eigenvalue weighted by Gasteiger charge is 2.13. The van der Waals surface area contributed by atoms with Crippen LogP contribution in [0, 0.1) is 5.92 Å². The Labute approximate surface area is 74.9 Å². The molecule has 1 heteroatoms. The molecule has 0 aromatic carbocycles. The van der Waals surface area contributed by atoms with Gasteiger partial charge in [0.2, 0.25) is 0 Å². The fraction of sp³-hybridized carbons (Fsp3) is 0.727. The number of hydrogen-bond acceptors (Lipinski definition) is 1. The Morgan fingerprint density at radius 2 is 2.42 bits per heavy atom. The Bertz CT molecular complexity index is 170. The van der Waals surface area contributed by atoms with Crippen LogP contribution in [0.1, 0.15) is 45.4 Å². The zero-order valence-corrected chi connectivity index (χ0v) is 7.88. The summed E-state index contributed by atoms with van der Waals surface area (Å²) in [6, 6.07) is 0. The van der Waals surface area contributed by atoms with Gasteiger partial charge in [-0.15, -0.1) is 0 Å². The molecule has 0 aliphatic heterocycles. The van der Waals surface area contributed by atoms with Crippen LogP contribution in [0.4, 0.5) is 0 Å². The average Bonchev–Trinajstić information content (AvgIpc) is 2.26. The summed E-state index contributed by atoms with van der Waals surface area (Å²) in [4.78, 5) is 11.2. The highest BCUT2D eigenvalue weighted by molar-refractivity contribution is 5.89. The Morgan fingerprint density at radius 3 is 3.17 bits per heavy atom. The van der Waals surface area contributed by atoms with Gasteiger partial charge in [-0.05, 0) is 24.8 Å². The van der Waals surface area contributed by atoms with E-state index in [4.69, 9.17) is 0 Å². The minimum atomic E-state index is 0.327. The van der Waals surface area contributed by atoms with Crippen LogP contribution in [0.2, 0.25) is 0 Å². The Balaban J connectivity index is 2.30. The smallest absolute Gasteiger partial charge is 0.155 e. The van der Waals surface area contributed by atoms with Crippen molar-refractivity contribution in [2.75, 3.05) is 0 Å². The maximum atomic E-state index is 11.2. The van der Waals surface area contributed by atoms with Crippen LogP contribution in [-0.2, 0) is 4.79 Å². The van der Waals surface area contributed by atoms with E-state index in [9.17, 15) is 4.79 Å². The van der Waals surface area contributed by atoms with Crippen molar-refractivity contribution >= 4 is 5.78 Å². The lowest BCUT2D eigenvalue weighted by Gasteiger charge is -2.11. The van der Waals surface area contributed by atoms with Crippen LogP contribution in [-0.4, -0.2) is 5.78 Å². The normalized spacial score (nSPS) is 24.1. The molecule has 0 bridgehead atoms. The SMILES string of the molecule is CCCC[C@@H]1CCC=CC(=O)C1. The maximum Gasteiger partial charge on any atom is 0.155 e. The average molecular weight is 166 g/mol. The molecule has 0 amide bonds. The minimum absolute atomic E-state index is 0.327. The van der Waals surface area contributed by atoms with E-state index in [0.717, 1.165) is 12.8 Å². The lowest BCUT2D eigenvalue weighted by atomic mass is 9.94. The summed E-state index contributed by atoms with van der Waals surface area (Å²) in [6.07, 6.45) is 10.6. The summed E-state index contributed by atoms with van der Waals surface area (Å²) in [5, 5.41) is 0. The number of carbonyl (C=O) groups excluding carboxylic acids is 1. The molecule has 1 rings (SSSR count). The van der Waals surface area contributed by atoms with Crippen molar-refractivity contribution in [1.29, 1.82) is 0 Å². The van der Waals surface area contributed by atoms with Crippen LogP contribution in [0.15, 0.2) is 12.2 Å². The quantitative estimate of drug-likeness (QED) is 0.629. The molecule has 0 unspecified atom stereocenters. The van der Waals surface area contributed by atoms with Crippen LogP contribution in [0.5, 0.6) is 0 Å². The number of carbonyl (C=O) groups is 1. The highest BCUT2D eigenvalue weighted by Crippen LogP contribution is 2.21. The van der Waals surface area contributed by atoms with Crippen molar-refractivity contribution in [3.63, 3.8) is 0 Å². The first-order valence-electron chi connectivity index (χ1n) is 5.02. The summed E-state index contributed by atoms with van der Waals surface area (Å²) >= 11 is 0. The standard InChI is InChI=1S/C11H18O/c1-2-3-6-10-7-4-5-8-11(12)9-10/h5,8,10H,2-4,6-7,9H2,1H3/t10-/m1/s1. The van der Waals surface area contributed by atoms with Crippen LogP contribution < -0.4 is 0 Å². The number of unbranched alkanes of at least 4 members (excludes halogenated alkanes) is 1. The zero-order chi connectivity index (χ0) is 8.81. The van der Waals surface area contributed by atoms with Gasteiger partial charge in [0.15, 0.2) is 5.78 Å². The van der Waals surface area contributed by atoms with E-state index in [2.05, 4.69) is 6.92 Å². The molecule has 1 nitrogen and oxygen atoms in total. The van der Waals surface area contributed by atoms with E-state index >= 15 is 0 Å². The molecule has 0 saturated heterocycles. The summed E-state index contributed by atoms with van der Waals surface area (Å²) < 4.78 is 0. The second kappa shape index (κ2) is 5.13. The third-order valence-corrected chi connectivity index (χ3v) is 2.50. The monoisotopic (exact) mass is 166 g/mol. The molecule has 1 aliphatic carbocycles. The lowest BCUT2D eigenvalue weighted by molar-refractivity contribution is -0.115. The Morgan fingerprint density at radius 1 is 1.58 bits per heavy atom. The maximum absolute atomic E-state index is 11.2. The molecular formula is C11H18O. The van der Waals surface area contributed by atoms with E-state index in [-0.39, 0.29) is 0 Å². The second-order valence-electron chi connectivity index (χ2n) is 3.66. The molecule has 0 N–H and O–H groups in total. The molecule has 0 saturated carbocycles. The second-order valence-corrected chi connectivity index (χ2v) is 3.66. The summed E-state index contributed by atoms with van der Waals surface area (Å²) in [6.45, 7) is 2.21. The van der Waals surface area contributed by atoms with Gasteiger partial charge in [0.05, 0.1) is 0 Å².